The minimum atomic E-state index is 0.797. The largest absolute Gasteiger partial charge is 0.330 e. The first-order valence-electron chi connectivity index (χ1n) is 3.01. The van der Waals surface area contributed by atoms with Crippen LogP contribution in [0.5, 0.6) is 0 Å². The van der Waals surface area contributed by atoms with E-state index in [0.717, 1.165) is 26.1 Å². The average Bonchev–Trinajstić information content (AvgIpc) is 1.83. The van der Waals surface area contributed by atoms with E-state index in [1.807, 2.05) is 0 Å². The van der Waals surface area contributed by atoms with Crippen molar-refractivity contribution in [2.24, 2.45) is 5.73 Å². The van der Waals surface area contributed by atoms with Crippen LogP contribution in [0.1, 0.15) is 13.3 Å². The standard InChI is InChI=1S/C5H15N2P/c1-2-7(8)5-3-4-6/h2-6,8H2,1H3. The number of hydrogen-bond acceptors (Lipinski definition) is 2. The van der Waals surface area contributed by atoms with Crippen molar-refractivity contribution in [3.8, 4) is 0 Å². The van der Waals surface area contributed by atoms with Crippen molar-refractivity contribution in [3.05, 3.63) is 0 Å². The minimum absolute atomic E-state index is 0.797. The van der Waals surface area contributed by atoms with Crippen LogP contribution in [0.25, 0.3) is 0 Å². The van der Waals surface area contributed by atoms with Gasteiger partial charge in [0.15, 0.2) is 0 Å². The van der Waals surface area contributed by atoms with E-state index in [2.05, 4.69) is 21.0 Å². The Labute approximate surface area is 53.7 Å². The molecule has 2 nitrogen and oxygen atoms in total. The van der Waals surface area contributed by atoms with Gasteiger partial charge in [0.2, 0.25) is 0 Å². The third kappa shape index (κ3) is 4.51. The summed E-state index contributed by atoms with van der Waals surface area (Å²) >= 11 is 0. The van der Waals surface area contributed by atoms with Gasteiger partial charge in [-0.15, -0.1) is 0 Å². The van der Waals surface area contributed by atoms with Crippen LogP contribution in [-0.2, 0) is 0 Å². The zero-order chi connectivity index (χ0) is 6.41. The van der Waals surface area contributed by atoms with E-state index in [9.17, 15) is 0 Å². The molecule has 8 heavy (non-hydrogen) atoms. The number of nitrogens with zero attached hydrogens (tertiary/aromatic N) is 1. The summed E-state index contributed by atoms with van der Waals surface area (Å²) in [6.45, 7) is 5.11. The maximum atomic E-state index is 5.30. The highest BCUT2D eigenvalue weighted by atomic mass is 31.0. The van der Waals surface area contributed by atoms with Crippen LogP contribution in [-0.4, -0.2) is 24.3 Å². The van der Waals surface area contributed by atoms with Crippen LogP contribution in [0.15, 0.2) is 0 Å². The second-order valence-electron chi connectivity index (χ2n) is 1.77. The molecule has 0 aliphatic heterocycles. The Balaban J connectivity index is 2.86. The predicted octanol–water partition coefficient (Wildman–Crippen LogP) is 0.447. The van der Waals surface area contributed by atoms with E-state index in [-0.39, 0.29) is 0 Å². The summed E-state index contributed by atoms with van der Waals surface area (Å²) in [4.78, 5) is 0. The fourth-order valence-corrected chi connectivity index (χ4v) is 0.635. The highest BCUT2D eigenvalue weighted by Crippen LogP contribution is 1.96. The molecule has 0 saturated carbocycles. The third-order valence-corrected chi connectivity index (χ3v) is 1.68. The smallest absolute Gasteiger partial charge is 0.00280 e. The molecule has 0 amide bonds. The molecule has 2 N–H and O–H groups in total. The van der Waals surface area contributed by atoms with Gasteiger partial charge in [0.25, 0.3) is 0 Å². The lowest BCUT2D eigenvalue weighted by molar-refractivity contribution is 0.485. The minimum Gasteiger partial charge on any atom is -0.330 e. The number of rotatable bonds is 4. The van der Waals surface area contributed by atoms with Gasteiger partial charge in [0.05, 0.1) is 0 Å². The molecule has 0 saturated heterocycles. The van der Waals surface area contributed by atoms with Crippen LogP contribution < -0.4 is 5.73 Å². The maximum Gasteiger partial charge on any atom is 0.00280 e. The van der Waals surface area contributed by atoms with E-state index >= 15 is 0 Å². The van der Waals surface area contributed by atoms with Crippen molar-refractivity contribution in [1.82, 2.24) is 4.67 Å². The van der Waals surface area contributed by atoms with Gasteiger partial charge in [-0.25, -0.2) is 0 Å². The molecule has 1 unspecified atom stereocenters. The summed E-state index contributed by atoms with van der Waals surface area (Å²) in [5.41, 5.74) is 5.30. The normalized spacial score (nSPS) is 10.5. The molecule has 0 rings (SSSR count). The average molecular weight is 134 g/mol. The Morgan fingerprint density at radius 3 is 2.62 bits per heavy atom. The highest BCUT2D eigenvalue weighted by molar-refractivity contribution is 7.13. The van der Waals surface area contributed by atoms with Crippen molar-refractivity contribution >= 4 is 9.39 Å². The Kier molecular flexibility index (Phi) is 5.73. The van der Waals surface area contributed by atoms with Crippen LogP contribution >= 0.6 is 9.39 Å². The van der Waals surface area contributed by atoms with Gasteiger partial charge in [-0.05, 0) is 19.5 Å². The lowest BCUT2D eigenvalue weighted by atomic mass is 10.4. The molecule has 0 aromatic carbocycles. The van der Waals surface area contributed by atoms with Crippen LogP contribution in [0.2, 0.25) is 0 Å². The molecule has 0 aromatic rings. The topological polar surface area (TPSA) is 29.3 Å². The summed E-state index contributed by atoms with van der Waals surface area (Å²) in [5, 5.41) is 0. The van der Waals surface area contributed by atoms with Gasteiger partial charge >= 0.3 is 0 Å². The van der Waals surface area contributed by atoms with Gasteiger partial charge in [0.1, 0.15) is 0 Å². The molecule has 0 fully saturated rings. The Hall–Kier alpha value is 0.350. The first-order valence-corrected chi connectivity index (χ1v) is 3.52. The van der Waals surface area contributed by atoms with Gasteiger partial charge in [0, 0.05) is 6.54 Å². The zero-order valence-corrected chi connectivity index (χ0v) is 6.59. The van der Waals surface area contributed by atoms with Crippen molar-refractivity contribution in [3.63, 3.8) is 0 Å². The molecular formula is C5H15N2P. The quantitative estimate of drug-likeness (QED) is 0.565. The molecule has 50 valence electrons. The van der Waals surface area contributed by atoms with E-state index in [1.165, 1.54) is 0 Å². The molecule has 0 radical (unpaired) electrons. The predicted molar refractivity (Wildman–Crippen MR) is 40.6 cm³/mol. The molecule has 0 aliphatic rings. The van der Waals surface area contributed by atoms with Crippen molar-refractivity contribution in [2.45, 2.75) is 13.3 Å². The summed E-state index contributed by atoms with van der Waals surface area (Å²) in [6, 6.07) is 0. The molecule has 1 atom stereocenters. The Bertz CT molecular complexity index is 49.7. The lowest BCUT2D eigenvalue weighted by Gasteiger charge is -2.11. The van der Waals surface area contributed by atoms with Gasteiger partial charge < -0.3 is 5.73 Å². The molecule has 3 heteroatoms. The van der Waals surface area contributed by atoms with Gasteiger partial charge in [-0.1, -0.05) is 16.3 Å². The Morgan fingerprint density at radius 2 is 2.25 bits per heavy atom. The summed E-state index contributed by atoms with van der Waals surface area (Å²) < 4.78 is 2.17. The molecule has 0 aromatic heterocycles. The lowest BCUT2D eigenvalue weighted by Crippen LogP contribution is -2.15. The Morgan fingerprint density at radius 1 is 1.62 bits per heavy atom. The fraction of sp³-hybridized carbons (Fsp3) is 1.00. The second kappa shape index (κ2) is 5.49. The van der Waals surface area contributed by atoms with E-state index < -0.39 is 0 Å². The van der Waals surface area contributed by atoms with Crippen molar-refractivity contribution < 1.29 is 0 Å². The van der Waals surface area contributed by atoms with Gasteiger partial charge in [-0.3, -0.25) is 4.67 Å². The van der Waals surface area contributed by atoms with Crippen molar-refractivity contribution in [2.75, 3.05) is 19.6 Å². The molecule has 0 heterocycles. The van der Waals surface area contributed by atoms with E-state index in [0.29, 0.717) is 0 Å². The van der Waals surface area contributed by atoms with Crippen LogP contribution in [0, 0.1) is 0 Å². The molecular weight excluding hydrogens is 119 g/mol. The first kappa shape index (κ1) is 8.35. The maximum absolute atomic E-state index is 5.30. The summed E-state index contributed by atoms with van der Waals surface area (Å²) in [6.07, 6.45) is 1.09. The van der Waals surface area contributed by atoms with Crippen LogP contribution in [0.4, 0.5) is 0 Å². The SMILES string of the molecule is CCN(P)CCCN. The van der Waals surface area contributed by atoms with E-state index in [1.54, 1.807) is 0 Å². The van der Waals surface area contributed by atoms with E-state index in [4.69, 9.17) is 5.73 Å². The molecule has 0 aliphatic carbocycles. The fourth-order valence-electron chi connectivity index (χ4n) is 0.452. The third-order valence-electron chi connectivity index (χ3n) is 1.06. The zero-order valence-electron chi connectivity index (χ0n) is 5.43. The number of hydrogen-bond donors (Lipinski definition) is 1. The van der Waals surface area contributed by atoms with Crippen LogP contribution in [0.3, 0.4) is 0 Å². The monoisotopic (exact) mass is 134 g/mol. The van der Waals surface area contributed by atoms with Gasteiger partial charge in [-0.2, -0.15) is 0 Å². The van der Waals surface area contributed by atoms with Crippen molar-refractivity contribution in [1.29, 1.82) is 0 Å². The first-order chi connectivity index (χ1) is 3.81. The summed E-state index contributed by atoms with van der Waals surface area (Å²) in [7, 11) is 2.66. The summed E-state index contributed by atoms with van der Waals surface area (Å²) in [5.74, 6) is 0. The second-order valence-corrected chi connectivity index (χ2v) is 2.50. The highest BCUT2D eigenvalue weighted by Gasteiger charge is 1.89. The molecule has 0 spiro atoms. The number of nitrogens with two attached hydrogens (primary N) is 1. The molecule has 0 bridgehead atoms.